The molecule has 0 amide bonds. The van der Waals surface area contributed by atoms with Crippen molar-refractivity contribution < 1.29 is 4.74 Å². The molecule has 0 radical (unpaired) electrons. The molecule has 3 aliphatic heterocycles. The van der Waals surface area contributed by atoms with Crippen LogP contribution < -0.4 is 9.64 Å². The Morgan fingerprint density at radius 3 is 2.58 bits per heavy atom. The number of aryl methyl sites for hydroxylation is 1. The fraction of sp³-hybridized carbons (Fsp3) is 0.308. The van der Waals surface area contributed by atoms with Gasteiger partial charge in [-0.3, -0.25) is 4.99 Å². The first-order valence-electron chi connectivity index (χ1n) is 11.1. The lowest BCUT2D eigenvalue weighted by Crippen LogP contribution is -2.44. The zero-order valence-corrected chi connectivity index (χ0v) is 18.0. The SMILES string of the molecule is CN1CCN(c2ccc3c(c2)CCC(c2ccc(OC4=NC=CC=CC4)cc2)=N3)CC1. The third kappa shape index (κ3) is 4.62. The molecule has 3 heterocycles. The zero-order valence-electron chi connectivity index (χ0n) is 18.0. The Labute approximate surface area is 184 Å². The van der Waals surface area contributed by atoms with E-state index in [1.807, 2.05) is 30.4 Å². The maximum absolute atomic E-state index is 5.91. The van der Waals surface area contributed by atoms with Crippen molar-refractivity contribution in [3.63, 3.8) is 0 Å². The van der Waals surface area contributed by atoms with Crippen LogP contribution in [0.1, 0.15) is 24.0 Å². The molecule has 1 saturated heterocycles. The lowest BCUT2D eigenvalue weighted by atomic mass is 9.96. The lowest BCUT2D eigenvalue weighted by molar-refractivity contribution is 0.313. The summed E-state index contributed by atoms with van der Waals surface area (Å²) in [6, 6.07) is 15.0. The Balaban J connectivity index is 1.29. The van der Waals surface area contributed by atoms with Gasteiger partial charge in [-0.05, 0) is 79.6 Å². The predicted molar refractivity (Wildman–Crippen MR) is 128 cm³/mol. The third-order valence-corrected chi connectivity index (χ3v) is 6.09. The van der Waals surface area contributed by atoms with Gasteiger partial charge in [0.1, 0.15) is 5.75 Å². The highest BCUT2D eigenvalue weighted by atomic mass is 16.5. The molecule has 5 heteroatoms. The number of anilines is 1. The second-order valence-corrected chi connectivity index (χ2v) is 8.28. The monoisotopic (exact) mass is 412 g/mol. The highest BCUT2D eigenvalue weighted by Gasteiger charge is 2.18. The molecule has 3 aliphatic rings. The molecule has 0 atom stereocenters. The number of benzene rings is 2. The number of allylic oxidation sites excluding steroid dienone is 2. The van der Waals surface area contributed by atoms with Crippen LogP contribution in [0, 0.1) is 0 Å². The summed E-state index contributed by atoms with van der Waals surface area (Å²) in [5, 5.41) is 0. The van der Waals surface area contributed by atoms with E-state index in [-0.39, 0.29) is 0 Å². The molecule has 5 nitrogen and oxygen atoms in total. The highest BCUT2D eigenvalue weighted by Crippen LogP contribution is 2.32. The molecule has 0 aromatic heterocycles. The third-order valence-electron chi connectivity index (χ3n) is 6.09. The summed E-state index contributed by atoms with van der Waals surface area (Å²) < 4.78 is 5.91. The van der Waals surface area contributed by atoms with Crippen molar-refractivity contribution in [3.05, 3.63) is 78.0 Å². The number of hydrogen-bond donors (Lipinski definition) is 0. The Morgan fingerprint density at radius 1 is 0.903 bits per heavy atom. The standard InChI is InChI=1S/C26H28N4O/c1-29-15-17-30(18-16-29)22-9-13-25-21(19-22)8-12-24(28-25)20-6-10-23(11-7-20)31-26-5-3-2-4-14-27-26/h2-4,6-7,9-11,13-14,19H,5,8,12,15-18H2,1H3. The number of fused-ring (bicyclic) bond motifs is 1. The number of hydrogen-bond acceptors (Lipinski definition) is 5. The quantitative estimate of drug-likeness (QED) is 0.730. The molecule has 0 spiro atoms. The summed E-state index contributed by atoms with van der Waals surface area (Å²) in [4.78, 5) is 14.2. The van der Waals surface area contributed by atoms with E-state index in [0.717, 1.165) is 61.7 Å². The summed E-state index contributed by atoms with van der Waals surface area (Å²) in [6.45, 7) is 4.44. The number of likely N-dealkylation sites (N-methyl/N-ethyl adjacent to an activating group) is 1. The number of ether oxygens (including phenoxy) is 1. The van der Waals surface area contributed by atoms with Gasteiger partial charge in [-0.2, -0.15) is 0 Å². The molecular weight excluding hydrogens is 384 g/mol. The first-order chi connectivity index (χ1) is 15.2. The first-order valence-corrected chi connectivity index (χ1v) is 11.1. The van der Waals surface area contributed by atoms with Crippen LogP contribution in [0.4, 0.5) is 11.4 Å². The van der Waals surface area contributed by atoms with E-state index in [4.69, 9.17) is 9.73 Å². The summed E-state index contributed by atoms with van der Waals surface area (Å²) in [6.07, 6.45) is 10.4. The molecule has 31 heavy (non-hydrogen) atoms. The van der Waals surface area contributed by atoms with E-state index in [1.54, 1.807) is 6.20 Å². The van der Waals surface area contributed by atoms with Crippen LogP contribution in [-0.4, -0.2) is 49.7 Å². The summed E-state index contributed by atoms with van der Waals surface area (Å²) in [5.74, 6) is 1.51. The fourth-order valence-corrected chi connectivity index (χ4v) is 4.20. The van der Waals surface area contributed by atoms with Gasteiger partial charge in [0.2, 0.25) is 0 Å². The Hall–Kier alpha value is -3.18. The maximum Gasteiger partial charge on any atom is 0.198 e. The van der Waals surface area contributed by atoms with Crippen LogP contribution in [0.3, 0.4) is 0 Å². The largest absolute Gasteiger partial charge is 0.443 e. The van der Waals surface area contributed by atoms with E-state index in [0.29, 0.717) is 12.3 Å². The molecule has 0 unspecified atom stereocenters. The van der Waals surface area contributed by atoms with Crippen molar-refractivity contribution in [2.75, 3.05) is 38.1 Å². The first kappa shape index (κ1) is 19.8. The molecule has 2 aromatic carbocycles. The Morgan fingerprint density at radius 2 is 1.74 bits per heavy atom. The number of nitrogens with zero attached hydrogens (tertiary/aromatic N) is 4. The minimum Gasteiger partial charge on any atom is -0.443 e. The van der Waals surface area contributed by atoms with Crippen LogP contribution in [0.2, 0.25) is 0 Å². The van der Waals surface area contributed by atoms with Gasteiger partial charge < -0.3 is 14.5 Å². The Bertz CT molecular complexity index is 1060. The van der Waals surface area contributed by atoms with Gasteiger partial charge in [0.25, 0.3) is 0 Å². The number of aliphatic imine (C=N–C) groups is 2. The summed E-state index contributed by atoms with van der Waals surface area (Å²) in [7, 11) is 2.19. The molecular formula is C26H28N4O. The predicted octanol–water partition coefficient (Wildman–Crippen LogP) is 4.76. The topological polar surface area (TPSA) is 40.4 Å². The van der Waals surface area contributed by atoms with Gasteiger partial charge in [-0.1, -0.05) is 12.2 Å². The fourth-order valence-electron chi connectivity index (χ4n) is 4.20. The van der Waals surface area contributed by atoms with Crippen LogP contribution in [0.15, 0.2) is 76.9 Å². The van der Waals surface area contributed by atoms with Crippen LogP contribution >= 0.6 is 0 Å². The van der Waals surface area contributed by atoms with E-state index in [2.05, 4.69) is 52.2 Å². The van der Waals surface area contributed by atoms with Gasteiger partial charge in [-0.15, -0.1) is 0 Å². The highest BCUT2D eigenvalue weighted by molar-refractivity contribution is 6.03. The summed E-state index contributed by atoms with van der Waals surface area (Å²) >= 11 is 0. The van der Waals surface area contributed by atoms with E-state index >= 15 is 0 Å². The van der Waals surface area contributed by atoms with Crippen molar-refractivity contribution in [2.45, 2.75) is 19.3 Å². The zero-order chi connectivity index (χ0) is 21.0. The van der Waals surface area contributed by atoms with Crippen molar-refractivity contribution in [1.82, 2.24) is 4.90 Å². The smallest absolute Gasteiger partial charge is 0.198 e. The average molecular weight is 413 g/mol. The van der Waals surface area contributed by atoms with Crippen molar-refractivity contribution in [3.8, 4) is 5.75 Å². The molecule has 1 fully saturated rings. The lowest BCUT2D eigenvalue weighted by Gasteiger charge is -2.34. The minimum absolute atomic E-state index is 0.703. The van der Waals surface area contributed by atoms with Crippen LogP contribution in [0.25, 0.3) is 0 Å². The number of piperazine rings is 1. The molecule has 0 N–H and O–H groups in total. The van der Waals surface area contributed by atoms with Gasteiger partial charge in [0, 0.05) is 50.2 Å². The summed E-state index contributed by atoms with van der Waals surface area (Å²) in [5.41, 5.74) is 6.09. The van der Waals surface area contributed by atoms with E-state index in [9.17, 15) is 0 Å². The Kier molecular flexibility index (Phi) is 5.67. The van der Waals surface area contributed by atoms with Crippen LogP contribution in [0.5, 0.6) is 5.75 Å². The molecule has 5 rings (SSSR count). The second kappa shape index (κ2) is 8.90. The van der Waals surface area contributed by atoms with Gasteiger partial charge in [0.15, 0.2) is 5.90 Å². The van der Waals surface area contributed by atoms with Crippen LogP contribution in [-0.2, 0) is 6.42 Å². The number of rotatable bonds is 3. The maximum atomic E-state index is 5.91. The van der Waals surface area contributed by atoms with Crippen molar-refractivity contribution in [1.29, 1.82) is 0 Å². The van der Waals surface area contributed by atoms with Crippen molar-refractivity contribution >= 4 is 23.0 Å². The average Bonchev–Trinajstić information content (AvgIpc) is 3.08. The van der Waals surface area contributed by atoms with Gasteiger partial charge in [0.05, 0.1) is 5.69 Å². The molecule has 158 valence electrons. The second-order valence-electron chi connectivity index (χ2n) is 8.28. The molecule has 0 aliphatic carbocycles. The molecule has 0 bridgehead atoms. The van der Waals surface area contributed by atoms with E-state index < -0.39 is 0 Å². The van der Waals surface area contributed by atoms with E-state index in [1.165, 1.54) is 11.3 Å². The van der Waals surface area contributed by atoms with Gasteiger partial charge >= 0.3 is 0 Å². The van der Waals surface area contributed by atoms with Gasteiger partial charge in [-0.25, -0.2) is 4.99 Å². The normalized spacial score (nSPS) is 18.8. The minimum atomic E-state index is 0.703. The molecule has 2 aromatic rings. The van der Waals surface area contributed by atoms with Crippen molar-refractivity contribution in [2.24, 2.45) is 9.98 Å². The molecule has 0 saturated carbocycles.